The van der Waals surface area contributed by atoms with E-state index in [2.05, 4.69) is 27.1 Å². The van der Waals surface area contributed by atoms with E-state index < -0.39 is 0 Å². The predicted molar refractivity (Wildman–Crippen MR) is 77.7 cm³/mol. The Morgan fingerprint density at radius 2 is 2.11 bits per heavy atom. The molecule has 1 saturated heterocycles. The molecular weight excluding hydrogens is 240 g/mol. The van der Waals surface area contributed by atoms with Crippen LogP contribution in [0.25, 0.3) is 0 Å². The number of H-pyrrole nitrogens is 1. The first-order chi connectivity index (χ1) is 9.22. The second-order valence-corrected chi connectivity index (χ2v) is 5.14. The molecule has 0 amide bonds. The Balaban J connectivity index is 2.11. The van der Waals surface area contributed by atoms with Gasteiger partial charge in [-0.1, -0.05) is 6.92 Å². The predicted octanol–water partition coefficient (Wildman–Crippen LogP) is 1.16. The molecule has 0 unspecified atom stereocenters. The Bertz CT molecular complexity index is 451. The van der Waals surface area contributed by atoms with Gasteiger partial charge in [0.05, 0.1) is 0 Å². The molecule has 0 radical (unpaired) electrons. The molecule has 2 rings (SSSR count). The third-order valence-corrected chi connectivity index (χ3v) is 3.76. The fourth-order valence-electron chi connectivity index (χ4n) is 2.58. The van der Waals surface area contributed by atoms with Crippen LogP contribution in [0.5, 0.6) is 0 Å². The van der Waals surface area contributed by atoms with Crippen LogP contribution in [0.3, 0.4) is 0 Å². The van der Waals surface area contributed by atoms with Gasteiger partial charge in [-0.15, -0.1) is 0 Å². The second kappa shape index (κ2) is 6.70. The normalized spacial score (nSPS) is 16.5. The summed E-state index contributed by atoms with van der Waals surface area (Å²) in [6.07, 6.45) is 3.18. The smallest absolute Gasteiger partial charge is 0.252 e. The molecule has 0 atom stereocenters. The van der Waals surface area contributed by atoms with Gasteiger partial charge in [-0.25, -0.2) is 4.98 Å². The zero-order valence-electron chi connectivity index (χ0n) is 11.9. The van der Waals surface area contributed by atoms with Crippen LogP contribution in [-0.4, -0.2) is 36.1 Å². The van der Waals surface area contributed by atoms with Crippen LogP contribution < -0.4 is 15.8 Å². The quantitative estimate of drug-likeness (QED) is 0.838. The maximum absolute atomic E-state index is 11.7. The highest BCUT2D eigenvalue weighted by atomic mass is 16.1. The van der Waals surface area contributed by atoms with Crippen LogP contribution in [0.1, 0.15) is 32.5 Å². The van der Waals surface area contributed by atoms with Crippen molar-refractivity contribution in [1.82, 2.24) is 15.3 Å². The van der Waals surface area contributed by atoms with E-state index in [-0.39, 0.29) is 5.56 Å². The van der Waals surface area contributed by atoms with E-state index in [0.717, 1.165) is 44.2 Å². The topological polar surface area (TPSA) is 61.0 Å². The summed E-state index contributed by atoms with van der Waals surface area (Å²) in [5.41, 5.74) is -0.0504. The first-order valence-electron chi connectivity index (χ1n) is 7.28. The highest BCUT2D eigenvalue weighted by Crippen LogP contribution is 2.17. The summed E-state index contributed by atoms with van der Waals surface area (Å²) in [6, 6.07) is 1.61. The number of piperidine rings is 1. The summed E-state index contributed by atoms with van der Waals surface area (Å²) in [4.78, 5) is 21.2. The summed E-state index contributed by atoms with van der Waals surface area (Å²) in [6.45, 7) is 8.22. The van der Waals surface area contributed by atoms with Crippen molar-refractivity contribution in [3.8, 4) is 0 Å². The van der Waals surface area contributed by atoms with Crippen molar-refractivity contribution in [2.75, 3.05) is 31.1 Å². The van der Waals surface area contributed by atoms with Gasteiger partial charge in [0.15, 0.2) is 0 Å². The van der Waals surface area contributed by atoms with Gasteiger partial charge in [0, 0.05) is 25.6 Å². The minimum absolute atomic E-state index is 0.0504. The van der Waals surface area contributed by atoms with Crippen LogP contribution in [0.2, 0.25) is 0 Å². The van der Waals surface area contributed by atoms with E-state index in [0.29, 0.717) is 5.92 Å². The molecule has 0 saturated carbocycles. The second-order valence-electron chi connectivity index (χ2n) is 5.14. The van der Waals surface area contributed by atoms with Gasteiger partial charge in [0.25, 0.3) is 5.56 Å². The van der Waals surface area contributed by atoms with Gasteiger partial charge in [-0.3, -0.25) is 4.79 Å². The summed E-state index contributed by atoms with van der Waals surface area (Å²) < 4.78 is 0. The number of nitrogens with zero attached hydrogens (tertiary/aromatic N) is 2. The van der Waals surface area contributed by atoms with Crippen molar-refractivity contribution in [2.24, 2.45) is 5.92 Å². The van der Waals surface area contributed by atoms with E-state index in [1.807, 2.05) is 6.92 Å². The van der Waals surface area contributed by atoms with Crippen LogP contribution >= 0.6 is 0 Å². The number of hydrogen-bond donors (Lipinski definition) is 2. The lowest BCUT2D eigenvalue weighted by Gasteiger charge is -2.30. The van der Waals surface area contributed by atoms with Crippen molar-refractivity contribution in [1.29, 1.82) is 0 Å². The lowest BCUT2D eigenvalue weighted by atomic mass is 9.97. The van der Waals surface area contributed by atoms with Crippen molar-refractivity contribution >= 4 is 5.82 Å². The van der Waals surface area contributed by atoms with Crippen molar-refractivity contribution < 1.29 is 0 Å². The molecule has 1 aliphatic heterocycles. The number of aromatic amines is 1. The van der Waals surface area contributed by atoms with E-state index in [9.17, 15) is 4.79 Å². The van der Waals surface area contributed by atoms with Gasteiger partial charge in [0.2, 0.25) is 0 Å². The van der Waals surface area contributed by atoms with Gasteiger partial charge >= 0.3 is 0 Å². The molecule has 5 nitrogen and oxygen atoms in total. The average molecular weight is 264 g/mol. The SMILES string of the molecule is CCc1nc(N(CC)CC2CCNCC2)cc(=O)[nH]1. The first kappa shape index (κ1) is 14.1. The summed E-state index contributed by atoms with van der Waals surface area (Å²) in [5.74, 6) is 2.29. The van der Waals surface area contributed by atoms with E-state index in [4.69, 9.17) is 0 Å². The van der Waals surface area contributed by atoms with Crippen molar-refractivity contribution in [3.63, 3.8) is 0 Å². The Morgan fingerprint density at radius 1 is 1.37 bits per heavy atom. The fourth-order valence-corrected chi connectivity index (χ4v) is 2.58. The van der Waals surface area contributed by atoms with Crippen molar-refractivity contribution in [3.05, 3.63) is 22.2 Å². The minimum atomic E-state index is -0.0504. The van der Waals surface area contributed by atoms with Gasteiger partial charge in [0.1, 0.15) is 11.6 Å². The molecule has 0 spiro atoms. The Morgan fingerprint density at radius 3 is 2.74 bits per heavy atom. The van der Waals surface area contributed by atoms with Gasteiger partial charge < -0.3 is 15.2 Å². The Labute approximate surface area is 114 Å². The van der Waals surface area contributed by atoms with E-state index in [1.54, 1.807) is 6.07 Å². The zero-order valence-corrected chi connectivity index (χ0v) is 11.9. The van der Waals surface area contributed by atoms with Crippen LogP contribution in [0, 0.1) is 5.92 Å². The highest BCUT2D eigenvalue weighted by Gasteiger charge is 2.17. The fraction of sp³-hybridized carbons (Fsp3) is 0.714. The lowest BCUT2D eigenvalue weighted by Crippen LogP contribution is -2.37. The number of rotatable bonds is 5. The minimum Gasteiger partial charge on any atom is -0.356 e. The molecular formula is C14H24N4O. The molecule has 0 aromatic carbocycles. The molecule has 1 fully saturated rings. The molecule has 2 heterocycles. The number of hydrogen-bond acceptors (Lipinski definition) is 4. The molecule has 19 heavy (non-hydrogen) atoms. The molecule has 5 heteroatoms. The molecule has 106 valence electrons. The zero-order chi connectivity index (χ0) is 13.7. The maximum atomic E-state index is 11.7. The molecule has 1 aromatic rings. The van der Waals surface area contributed by atoms with Gasteiger partial charge in [-0.2, -0.15) is 0 Å². The number of aryl methyl sites for hydroxylation is 1. The van der Waals surface area contributed by atoms with Crippen LogP contribution in [0.4, 0.5) is 5.82 Å². The monoisotopic (exact) mass is 264 g/mol. The number of nitrogens with one attached hydrogen (secondary N) is 2. The largest absolute Gasteiger partial charge is 0.356 e. The highest BCUT2D eigenvalue weighted by molar-refractivity contribution is 5.37. The first-order valence-corrected chi connectivity index (χ1v) is 7.28. The number of anilines is 1. The summed E-state index contributed by atoms with van der Waals surface area (Å²) in [7, 11) is 0. The number of aromatic nitrogens is 2. The molecule has 0 bridgehead atoms. The molecule has 1 aliphatic rings. The molecule has 1 aromatic heterocycles. The Kier molecular flexibility index (Phi) is 4.96. The average Bonchev–Trinajstić information content (AvgIpc) is 2.45. The lowest BCUT2D eigenvalue weighted by molar-refractivity contribution is 0.374. The van der Waals surface area contributed by atoms with Crippen LogP contribution in [0.15, 0.2) is 10.9 Å². The summed E-state index contributed by atoms with van der Waals surface area (Å²) >= 11 is 0. The molecule has 0 aliphatic carbocycles. The van der Waals surface area contributed by atoms with Crippen molar-refractivity contribution in [2.45, 2.75) is 33.1 Å². The van der Waals surface area contributed by atoms with E-state index >= 15 is 0 Å². The van der Waals surface area contributed by atoms with Gasteiger partial charge in [-0.05, 0) is 38.8 Å². The Hall–Kier alpha value is -1.36. The van der Waals surface area contributed by atoms with E-state index in [1.165, 1.54) is 12.8 Å². The van der Waals surface area contributed by atoms with Crippen LogP contribution in [-0.2, 0) is 6.42 Å². The summed E-state index contributed by atoms with van der Waals surface area (Å²) in [5, 5.41) is 3.38. The maximum Gasteiger partial charge on any atom is 0.252 e. The standard InChI is InChI=1S/C14H24N4O/c1-3-12-16-13(9-14(19)17-12)18(4-2)10-11-5-7-15-8-6-11/h9,11,15H,3-8,10H2,1-2H3,(H,16,17,19). The third-order valence-electron chi connectivity index (χ3n) is 3.76. The third kappa shape index (κ3) is 3.80. The molecule has 2 N–H and O–H groups in total.